The van der Waals surface area contributed by atoms with Gasteiger partial charge < -0.3 is 20.1 Å². The third-order valence-electron chi connectivity index (χ3n) is 8.85. The van der Waals surface area contributed by atoms with E-state index >= 15 is 0 Å². The van der Waals surface area contributed by atoms with Gasteiger partial charge in [-0.1, -0.05) is 48.5 Å². The molecule has 0 aromatic heterocycles. The molecule has 2 saturated carbocycles. The molecule has 1 unspecified atom stereocenters. The first-order valence-electron chi connectivity index (χ1n) is 12.5. The van der Waals surface area contributed by atoms with E-state index in [9.17, 15) is 19.5 Å². The first-order chi connectivity index (χ1) is 16.8. The summed E-state index contributed by atoms with van der Waals surface area (Å²) >= 11 is 0. The molecule has 1 aliphatic heterocycles. The standard InChI is InChI=1S/C28H30N2O5/c1-27(25(32)33)11-6-12-30(27)24(31)28-14-17(28)13-18(15-28)29-26(34)35-16-23-21-9-4-2-7-19(21)20-8-3-5-10-22(20)23/h2-5,7-10,17-18,23H,6,11-16H2,1H3,(H,29,34)(H,32,33)/t17-,18+,27?,28+/m1/s1. The van der Waals surface area contributed by atoms with Gasteiger partial charge in [0.1, 0.15) is 12.1 Å². The van der Waals surface area contributed by atoms with E-state index in [0.29, 0.717) is 25.8 Å². The Kier molecular flexibility index (Phi) is 4.95. The fourth-order valence-electron chi connectivity index (χ4n) is 6.85. The summed E-state index contributed by atoms with van der Waals surface area (Å²) < 4.78 is 5.69. The molecule has 4 aliphatic rings. The van der Waals surface area contributed by atoms with Crippen molar-refractivity contribution in [1.82, 2.24) is 10.2 Å². The molecule has 1 heterocycles. The van der Waals surface area contributed by atoms with Crippen LogP contribution in [0.1, 0.15) is 56.1 Å². The smallest absolute Gasteiger partial charge is 0.407 e. The Bertz CT molecular complexity index is 1180. The van der Waals surface area contributed by atoms with Gasteiger partial charge in [0.2, 0.25) is 5.91 Å². The van der Waals surface area contributed by atoms with Crippen LogP contribution >= 0.6 is 0 Å². The van der Waals surface area contributed by atoms with Gasteiger partial charge in [-0.05, 0) is 67.2 Å². The number of nitrogens with one attached hydrogen (secondary N) is 1. The number of aliphatic carboxylic acids is 1. The molecule has 2 aromatic carbocycles. The van der Waals surface area contributed by atoms with Crippen LogP contribution in [0.25, 0.3) is 11.1 Å². The number of hydrogen-bond donors (Lipinski definition) is 2. The number of carbonyl (C=O) groups excluding carboxylic acids is 2. The van der Waals surface area contributed by atoms with Crippen LogP contribution in [0.3, 0.4) is 0 Å². The average Bonchev–Trinajstić information content (AvgIpc) is 3.13. The highest BCUT2D eigenvalue weighted by molar-refractivity contribution is 5.93. The molecule has 0 radical (unpaired) electrons. The van der Waals surface area contributed by atoms with E-state index in [2.05, 4.69) is 29.6 Å². The molecule has 7 heteroatoms. The molecule has 3 aliphatic carbocycles. The third-order valence-corrected chi connectivity index (χ3v) is 8.85. The lowest BCUT2D eigenvalue weighted by molar-refractivity contribution is -0.157. The van der Waals surface area contributed by atoms with Crippen LogP contribution in [0.4, 0.5) is 4.79 Å². The number of hydrogen-bond acceptors (Lipinski definition) is 4. The number of carboxylic acid groups (broad SMARTS) is 1. The number of ether oxygens (including phenoxy) is 1. The van der Waals surface area contributed by atoms with Gasteiger partial charge in [-0.15, -0.1) is 0 Å². The highest BCUT2D eigenvalue weighted by Gasteiger charge is 2.67. The van der Waals surface area contributed by atoms with E-state index in [-0.39, 0.29) is 30.4 Å². The Morgan fingerprint density at radius 3 is 2.37 bits per heavy atom. The van der Waals surface area contributed by atoms with E-state index in [4.69, 9.17) is 4.74 Å². The zero-order valence-electron chi connectivity index (χ0n) is 19.8. The number of rotatable bonds is 5. The summed E-state index contributed by atoms with van der Waals surface area (Å²) in [6, 6.07) is 16.3. The minimum Gasteiger partial charge on any atom is -0.480 e. The molecule has 0 bridgehead atoms. The van der Waals surface area contributed by atoms with Crippen molar-refractivity contribution in [2.45, 2.75) is 56.5 Å². The van der Waals surface area contributed by atoms with Crippen LogP contribution in [0, 0.1) is 11.3 Å². The van der Waals surface area contributed by atoms with E-state index in [1.165, 1.54) is 22.3 Å². The fraction of sp³-hybridized carbons (Fsp3) is 0.464. The average molecular weight is 475 g/mol. The summed E-state index contributed by atoms with van der Waals surface area (Å²) in [4.78, 5) is 39.6. The van der Waals surface area contributed by atoms with Crippen molar-refractivity contribution >= 4 is 18.0 Å². The maximum absolute atomic E-state index is 13.4. The van der Waals surface area contributed by atoms with Crippen LogP contribution in [-0.4, -0.2) is 52.7 Å². The van der Waals surface area contributed by atoms with Gasteiger partial charge in [0.05, 0.1) is 5.41 Å². The van der Waals surface area contributed by atoms with E-state index in [0.717, 1.165) is 12.8 Å². The molecule has 7 nitrogen and oxygen atoms in total. The summed E-state index contributed by atoms with van der Waals surface area (Å²) in [6.07, 6.45) is 2.78. The van der Waals surface area contributed by atoms with Crippen molar-refractivity contribution in [3.8, 4) is 11.1 Å². The minimum atomic E-state index is -1.13. The van der Waals surface area contributed by atoms with Crippen molar-refractivity contribution in [2.24, 2.45) is 11.3 Å². The van der Waals surface area contributed by atoms with Crippen LogP contribution in [-0.2, 0) is 14.3 Å². The number of nitrogens with zero attached hydrogens (tertiary/aromatic N) is 1. The predicted octanol–water partition coefficient (Wildman–Crippen LogP) is 4.16. The van der Waals surface area contributed by atoms with E-state index in [1.54, 1.807) is 11.8 Å². The molecule has 182 valence electrons. The molecule has 35 heavy (non-hydrogen) atoms. The SMILES string of the molecule is CC1(C(=O)O)CCCN1C(=O)[C@@]12C[C@@H](NC(=O)OCC3c4ccccc4-c4ccccc43)C[C@@H]1C2. The fourth-order valence-corrected chi connectivity index (χ4v) is 6.85. The minimum absolute atomic E-state index is 0.00177. The molecular weight excluding hydrogens is 444 g/mol. The second-order valence-corrected chi connectivity index (χ2v) is 10.8. The lowest BCUT2D eigenvalue weighted by Crippen LogP contribution is -2.53. The van der Waals surface area contributed by atoms with Gasteiger partial charge in [0.25, 0.3) is 0 Å². The maximum Gasteiger partial charge on any atom is 0.407 e. The zero-order chi connectivity index (χ0) is 24.4. The summed E-state index contributed by atoms with van der Waals surface area (Å²) in [6.45, 7) is 2.39. The van der Waals surface area contributed by atoms with Crippen molar-refractivity contribution in [3.63, 3.8) is 0 Å². The van der Waals surface area contributed by atoms with Gasteiger partial charge in [-0.3, -0.25) is 4.79 Å². The zero-order valence-corrected chi connectivity index (χ0v) is 19.8. The third kappa shape index (κ3) is 3.35. The molecule has 6 rings (SSSR count). The number of amides is 2. The first kappa shape index (κ1) is 22.1. The molecule has 2 amide bonds. The topological polar surface area (TPSA) is 95.9 Å². The molecule has 2 aromatic rings. The second-order valence-electron chi connectivity index (χ2n) is 10.8. The number of alkyl carbamates (subject to hydrolysis) is 1. The summed E-state index contributed by atoms with van der Waals surface area (Å²) in [7, 11) is 0. The lowest BCUT2D eigenvalue weighted by Gasteiger charge is -2.34. The Morgan fingerprint density at radius 2 is 1.71 bits per heavy atom. The van der Waals surface area contributed by atoms with Crippen molar-refractivity contribution in [3.05, 3.63) is 59.7 Å². The highest BCUT2D eigenvalue weighted by Crippen LogP contribution is 2.65. The number of likely N-dealkylation sites (tertiary alicyclic amines) is 1. The second kappa shape index (κ2) is 7.83. The summed E-state index contributed by atoms with van der Waals surface area (Å²) in [5.74, 6) is -0.792. The van der Waals surface area contributed by atoms with Crippen LogP contribution < -0.4 is 5.32 Å². The van der Waals surface area contributed by atoms with E-state index in [1.807, 2.05) is 24.3 Å². The molecule has 0 spiro atoms. The largest absolute Gasteiger partial charge is 0.480 e. The molecular formula is C28H30N2O5. The van der Waals surface area contributed by atoms with Gasteiger partial charge in [0, 0.05) is 18.5 Å². The van der Waals surface area contributed by atoms with Crippen molar-refractivity contribution in [2.75, 3.05) is 13.2 Å². The number of carbonyl (C=O) groups is 3. The quantitative estimate of drug-likeness (QED) is 0.679. The normalized spacial score (nSPS) is 30.4. The number of carboxylic acids is 1. The van der Waals surface area contributed by atoms with Gasteiger partial charge >= 0.3 is 12.1 Å². The van der Waals surface area contributed by atoms with Gasteiger partial charge in [-0.25, -0.2) is 9.59 Å². The summed E-state index contributed by atoms with van der Waals surface area (Å²) in [5, 5.41) is 12.7. The monoisotopic (exact) mass is 474 g/mol. The van der Waals surface area contributed by atoms with Crippen LogP contribution in [0.2, 0.25) is 0 Å². The molecule has 4 atom stereocenters. The van der Waals surface area contributed by atoms with Crippen LogP contribution in [0.15, 0.2) is 48.5 Å². The number of benzene rings is 2. The maximum atomic E-state index is 13.4. The summed E-state index contributed by atoms with van der Waals surface area (Å²) in [5.41, 5.74) is 3.05. The van der Waals surface area contributed by atoms with Crippen LogP contribution in [0.5, 0.6) is 0 Å². The van der Waals surface area contributed by atoms with E-state index < -0.39 is 23.0 Å². The Morgan fingerprint density at radius 1 is 1.06 bits per heavy atom. The molecule has 3 fully saturated rings. The molecule has 2 N–H and O–H groups in total. The van der Waals surface area contributed by atoms with Gasteiger partial charge in [0.15, 0.2) is 0 Å². The van der Waals surface area contributed by atoms with Crippen molar-refractivity contribution in [1.29, 1.82) is 0 Å². The Hall–Kier alpha value is -3.35. The Balaban J connectivity index is 1.08. The van der Waals surface area contributed by atoms with Gasteiger partial charge in [-0.2, -0.15) is 0 Å². The lowest BCUT2D eigenvalue weighted by atomic mass is 9.94. The number of fused-ring (bicyclic) bond motifs is 4. The first-order valence-corrected chi connectivity index (χ1v) is 12.5. The Labute approximate surface area is 204 Å². The highest BCUT2D eigenvalue weighted by atomic mass is 16.5. The predicted molar refractivity (Wildman–Crippen MR) is 129 cm³/mol. The molecule has 1 saturated heterocycles. The van der Waals surface area contributed by atoms with Crippen molar-refractivity contribution < 1.29 is 24.2 Å².